The van der Waals surface area contributed by atoms with Crippen LogP contribution in [0.3, 0.4) is 0 Å². The highest BCUT2D eigenvalue weighted by atomic mass is 16.4. The van der Waals surface area contributed by atoms with Crippen LogP contribution in [-0.4, -0.2) is 10.2 Å². The summed E-state index contributed by atoms with van der Waals surface area (Å²) in [6.07, 6.45) is 4.60. The molecule has 1 aromatic heterocycles. The van der Waals surface area contributed by atoms with E-state index in [4.69, 9.17) is 4.42 Å². The van der Waals surface area contributed by atoms with Crippen molar-refractivity contribution in [1.82, 2.24) is 10.2 Å². The molecule has 4 nitrogen and oxygen atoms in total. The lowest BCUT2D eigenvalue weighted by Crippen LogP contribution is -2.11. The molecular formula is C9H14N2O2. The highest BCUT2D eigenvalue weighted by Gasteiger charge is 2.23. The van der Waals surface area contributed by atoms with Gasteiger partial charge < -0.3 is 4.42 Å². The van der Waals surface area contributed by atoms with E-state index >= 15 is 0 Å². The van der Waals surface area contributed by atoms with Gasteiger partial charge >= 0.3 is 5.76 Å². The van der Waals surface area contributed by atoms with Crippen LogP contribution in [-0.2, 0) is 0 Å². The minimum absolute atomic E-state index is 0.357. The second-order valence-corrected chi connectivity index (χ2v) is 3.91. The number of hydrogen-bond donors (Lipinski definition) is 1. The fourth-order valence-corrected chi connectivity index (χ4v) is 1.92. The molecule has 0 saturated heterocycles. The van der Waals surface area contributed by atoms with Gasteiger partial charge in [0.1, 0.15) is 0 Å². The number of H-pyrrole nitrogens is 1. The fraction of sp³-hybridized carbons (Fsp3) is 0.778. The van der Waals surface area contributed by atoms with Crippen molar-refractivity contribution in [2.45, 2.75) is 38.5 Å². The zero-order valence-corrected chi connectivity index (χ0v) is 7.75. The van der Waals surface area contributed by atoms with Crippen LogP contribution >= 0.6 is 0 Å². The topological polar surface area (TPSA) is 58.9 Å². The Bertz CT molecular complexity index is 320. The zero-order chi connectivity index (χ0) is 9.26. The van der Waals surface area contributed by atoms with Crippen molar-refractivity contribution in [3.05, 3.63) is 16.4 Å². The SMILES string of the molecule is CC1CCC(c2n[nH]c(=O)o2)CC1. The third-order valence-electron chi connectivity index (χ3n) is 2.82. The number of nitrogens with one attached hydrogen (secondary N) is 1. The van der Waals surface area contributed by atoms with E-state index in [1.54, 1.807) is 0 Å². The second-order valence-electron chi connectivity index (χ2n) is 3.91. The molecule has 13 heavy (non-hydrogen) atoms. The van der Waals surface area contributed by atoms with Crippen molar-refractivity contribution in [2.24, 2.45) is 5.92 Å². The Hall–Kier alpha value is -1.06. The van der Waals surface area contributed by atoms with E-state index < -0.39 is 5.76 Å². The zero-order valence-electron chi connectivity index (χ0n) is 7.75. The Kier molecular flexibility index (Phi) is 2.20. The molecule has 1 fully saturated rings. The summed E-state index contributed by atoms with van der Waals surface area (Å²) in [5, 5.41) is 6.17. The van der Waals surface area contributed by atoms with Crippen molar-refractivity contribution < 1.29 is 4.42 Å². The van der Waals surface area contributed by atoms with Gasteiger partial charge in [0.25, 0.3) is 0 Å². The van der Waals surface area contributed by atoms with Crippen molar-refractivity contribution in [3.8, 4) is 0 Å². The first-order valence-electron chi connectivity index (χ1n) is 4.81. The quantitative estimate of drug-likeness (QED) is 0.718. The lowest BCUT2D eigenvalue weighted by molar-refractivity contribution is 0.303. The van der Waals surface area contributed by atoms with Crippen LogP contribution in [0.25, 0.3) is 0 Å². The Morgan fingerprint density at radius 1 is 1.38 bits per heavy atom. The number of aromatic nitrogens is 2. The van der Waals surface area contributed by atoms with E-state index in [1.807, 2.05) is 0 Å². The second kappa shape index (κ2) is 3.36. The van der Waals surface area contributed by atoms with Gasteiger partial charge in [-0.2, -0.15) is 0 Å². The Balaban J connectivity index is 2.06. The first-order chi connectivity index (χ1) is 6.25. The largest absolute Gasteiger partial charge is 0.434 e. The van der Waals surface area contributed by atoms with Crippen LogP contribution in [0.4, 0.5) is 0 Å². The maximum atomic E-state index is 10.7. The van der Waals surface area contributed by atoms with Crippen LogP contribution in [0.1, 0.15) is 44.4 Å². The van der Waals surface area contributed by atoms with Crippen LogP contribution in [0.15, 0.2) is 9.21 Å². The van der Waals surface area contributed by atoms with E-state index in [0.29, 0.717) is 11.8 Å². The van der Waals surface area contributed by atoms with Gasteiger partial charge in [-0.25, -0.2) is 9.89 Å². The van der Waals surface area contributed by atoms with E-state index in [0.717, 1.165) is 18.8 Å². The fourth-order valence-electron chi connectivity index (χ4n) is 1.92. The van der Waals surface area contributed by atoms with E-state index in [2.05, 4.69) is 17.1 Å². The summed E-state index contributed by atoms with van der Waals surface area (Å²) in [5.41, 5.74) is 0. The Labute approximate surface area is 76.3 Å². The third kappa shape index (κ3) is 1.82. The average Bonchev–Trinajstić information content (AvgIpc) is 2.53. The molecule has 0 spiro atoms. The first kappa shape index (κ1) is 8.53. The third-order valence-corrected chi connectivity index (χ3v) is 2.82. The minimum Gasteiger partial charge on any atom is -0.392 e. The van der Waals surface area contributed by atoms with Crippen LogP contribution in [0.5, 0.6) is 0 Å². The molecule has 0 aromatic carbocycles. The van der Waals surface area contributed by atoms with Crippen LogP contribution in [0, 0.1) is 5.92 Å². The van der Waals surface area contributed by atoms with Gasteiger partial charge in [0.15, 0.2) is 0 Å². The predicted octanol–water partition coefficient (Wildman–Crippen LogP) is 1.66. The monoisotopic (exact) mass is 182 g/mol. The molecule has 1 N–H and O–H groups in total. The molecule has 2 rings (SSSR count). The van der Waals surface area contributed by atoms with Gasteiger partial charge in [0.05, 0.1) is 0 Å². The van der Waals surface area contributed by atoms with Gasteiger partial charge in [0, 0.05) is 5.92 Å². The molecule has 1 aliphatic carbocycles. The summed E-state index contributed by atoms with van der Waals surface area (Å²) in [4.78, 5) is 10.7. The van der Waals surface area contributed by atoms with Gasteiger partial charge in [-0.1, -0.05) is 6.92 Å². The molecule has 0 atom stereocenters. The molecule has 1 heterocycles. The molecule has 72 valence electrons. The molecular weight excluding hydrogens is 168 g/mol. The molecule has 1 saturated carbocycles. The highest BCUT2D eigenvalue weighted by molar-refractivity contribution is 4.91. The van der Waals surface area contributed by atoms with Gasteiger partial charge in [0.2, 0.25) is 5.89 Å². The molecule has 1 aromatic rings. The van der Waals surface area contributed by atoms with Crippen molar-refractivity contribution in [1.29, 1.82) is 0 Å². The van der Waals surface area contributed by atoms with Crippen molar-refractivity contribution in [3.63, 3.8) is 0 Å². The molecule has 0 unspecified atom stereocenters. The molecule has 0 amide bonds. The molecule has 1 aliphatic rings. The normalized spacial score (nSPS) is 29.0. The summed E-state index contributed by atoms with van der Waals surface area (Å²) in [6, 6.07) is 0. The minimum atomic E-state index is -0.436. The molecule has 0 bridgehead atoms. The molecule has 0 radical (unpaired) electrons. The Morgan fingerprint density at radius 3 is 2.62 bits per heavy atom. The first-order valence-corrected chi connectivity index (χ1v) is 4.81. The predicted molar refractivity (Wildman–Crippen MR) is 47.5 cm³/mol. The maximum absolute atomic E-state index is 10.7. The number of hydrogen-bond acceptors (Lipinski definition) is 3. The smallest absolute Gasteiger partial charge is 0.392 e. The molecule has 0 aliphatic heterocycles. The van der Waals surface area contributed by atoms with E-state index in [1.165, 1.54) is 12.8 Å². The lowest BCUT2D eigenvalue weighted by atomic mass is 9.83. The van der Waals surface area contributed by atoms with Crippen molar-refractivity contribution in [2.75, 3.05) is 0 Å². The lowest BCUT2D eigenvalue weighted by Gasteiger charge is -2.23. The summed E-state index contributed by atoms with van der Waals surface area (Å²) in [5.74, 6) is 1.32. The number of nitrogens with zero attached hydrogens (tertiary/aromatic N) is 1. The van der Waals surface area contributed by atoms with E-state index in [-0.39, 0.29) is 0 Å². The van der Waals surface area contributed by atoms with Crippen LogP contribution < -0.4 is 5.76 Å². The number of aromatic amines is 1. The van der Waals surface area contributed by atoms with Gasteiger partial charge in [-0.3, -0.25) is 0 Å². The Morgan fingerprint density at radius 2 is 2.08 bits per heavy atom. The summed E-state index contributed by atoms with van der Waals surface area (Å²) in [7, 11) is 0. The standard InChI is InChI=1S/C9H14N2O2/c1-6-2-4-7(5-3-6)8-10-11-9(12)13-8/h6-7H,2-5H2,1H3,(H,11,12). The molecule has 4 heteroatoms. The number of rotatable bonds is 1. The van der Waals surface area contributed by atoms with Gasteiger partial charge in [-0.05, 0) is 31.6 Å². The highest BCUT2D eigenvalue weighted by Crippen LogP contribution is 2.33. The maximum Gasteiger partial charge on any atom is 0.434 e. The summed E-state index contributed by atoms with van der Waals surface area (Å²) < 4.78 is 4.94. The summed E-state index contributed by atoms with van der Waals surface area (Å²) >= 11 is 0. The average molecular weight is 182 g/mol. The van der Waals surface area contributed by atoms with E-state index in [9.17, 15) is 4.79 Å². The van der Waals surface area contributed by atoms with Gasteiger partial charge in [-0.15, -0.1) is 5.10 Å². The van der Waals surface area contributed by atoms with Crippen LogP contribution in [0.2, 0.25) is 0 Å². The summed E-state index contributed by atoms with van der Waals surface area (Å²) in [6.45, 7) is 2.26. The van der Waals surface area contributed by atoms with Crippen molar-refractivity contribution >= 4 is 0 Å².